The molecule has 1 aromatic rings. The third kappa shape index (κ3) is 4.03. The van der Waals surface area contributed by atoms with E-state index in [4.69, 9.17) is 10.5 Å². The molecule has 1 fully saturated rings. The highest BCUT2D eigenvalue weighted by atomic mass is 32.2. The first-order valence-corrected chi connectivity index (χ1v) is 8.40. The van der Waals surface area contributed by atoms with Crippen LogP contribution in [0.2, 0.25) is 0 Å². The fourth-order valence-electron chi connectivity index (χ4n) is 2.33. The van der Waals surface area contributed by atoms with Crippen LogP contribution in [0.1, 0.15) is 31.2 Å². The molecule has 0 atom stereocenters. The zero-order valence-corrected chi connectivity index (χ0v) is 11.9. The summed E-state index contributed by atoms with van der Waals surface area (Å²) in [4.78, 5) is 0.347. The van der Waals surface area contributed by atoms with Gasteiger partial charge in [0.1, 0.15) is 0 Å². The summed E-state index contributed by atoms with van der Waals surface area (Å²) >= 11 is 0. The highest BCUT2D eigenvalue weighted by Crippen LogP contribution is 2.21. The van der Waals surface area contributed by atoms with E-state index in [1.54, 1.807) is 24.3 Å². The summed E-state index contributed by atoms with van der Waals surface area (Å²) in [5.74, 6) is 0.0471. The van der Waals surface area contributed by atoms with Crippen LogP contribution in [0.3, 0.4) is 0 Å². The predicted molar refractivity (Wildman–Crippen MR) is 74.6 cm³/mol. The minimum atomic E-state index is -3.24. The summed E-state index contributed by atoms with van der Waals surface area (Å²) in [6.45, 7) is 0.705. The van der Waals surface area contributed by atoms with Crippen LogP contribution in [0.15, 0.2) is 29.2 Å². The zero-order valence-electron chi connectivity index (χ0n) is 11.0. The standard InChI is InChI=1S/C14H21NO3S/c15-11-12-5-7-14(8-6-12)19(16,17)10-9-18-13-3-1-2-4-13/h5-8,13H,1-4,9-11,15H2. The number of rotatable bonds is 6. The van der Waals surface area contributed by atoms with Crippen molar-refractivity contribution < 1.29 is 13.2 Å². The van der Waals surface area contributed by atoms with Crippen molar-refractivity contribution in [3.63, 3.8) is 0 Å². The molecule has 0 aromatic heterocycles. The molecular formula is C14H21NO3S. The minimum absolute atomic E-state index is 0.0471. The van der Waals surface area contributed by atoms with Crippen molar-refractivity contribution in [2.45, 2.75) is 43.2 Å². The molecule has 1 saturated carbocycles. The van der Waals surface area contributed by atoms with Gasteiger partial charge >= 0.3 is 0 Å². The SMILES string of the molecule is NCc1ccc(S(=O)(=O)CCOC2CCCC2)cc1. The average molecular weight is 283 g/mol. The van der Waals surface area contributed by atoms with Crippen LogP contribution in [0.4, 0.5) is 0 Å². The van der Waals surface area contributed by atoms with Crippen molar-refractivity contribution >= 4 is 9.84 Å². The third-order valence-corrected chi connectivity index (χ3v) is 5.22. The molecular weight excluding hydrogens is 262 g/mol. The third-order valence-electron chi connectivity index (χ3n) is 3.53. The van der Waals surface area contributed by atoms with E-state index in [2.05, 4.69) is 0 Å². The Kier molecular flexibility index (Phi) is 4.96. The summed E-state index contributed by atoms with van der Waals surface area (Å²) in [7, 11) is -3.24. The van der Waals surface area contributed by atoms with E-state index < -0.39 is 9.84 Å². The average Bonchev–Trinajstić information content (AvgIpc) is 2.92. The lowest BCUT2D eigenvalue weighted by molar-refractivity contribution is 0.0697. The maximum atomic E-state index is 12.1. The second-order valence-corrected chi connectivity index (χ2v) is 7.05. The highest BCUT2D eigenvalue weighted by Gasteiger charge is 2.18. The molecule has 0 bridgehead atoms. The van der Waals surface area contributed by atoms with E-state index >= 15 is 0 Å². The number of hydrogen-bond acceptors (Lipinski definition) is 4. The Balaban J connectivity index is 1.89. The summed E-state index contributed by atoms with van der Waals surface area (Å²) in [6.07, 6.45) is 4.77. The van der Waals surface area contributed by atoms with Crippen LogP contribution in [0.25, 0.3) is 0 Å². The maximum Gasteiger partial charge on any atom is 0.180 e. The quantitative estimate of drug-likeness (QED) is 0.865. The van der Waals surface area contributed by atoms with Crippen LogP contribution < -0.4 is 5.73 Å². The van der Waals surface area contributed by atoms with Gasteiger partial charge in [0.25, 0.3) is 0 Å². The Bertz CT molecular complexity index is 490. The molecule has 0 saturated heterocycles. The van der Waals surface area contributed by atoms with Crippen LogP contribution in [0, 0.1) is 0 Å². The number of nitrogens with two attached hydrogens (primary N) is 1. The van der Waals surface area contributed by atoms with Gasteiger partial charge in [0.2, 0.25) is 0 Å². The lowest BCUT2D eigenvalue weighted by Gasteiger charge is -2.11. The van der Waals surface area contributed by atoms with Crippen LogP contribution in [-0.4, -0.2) is 26.9 Å². The van der Waals surface area contributed by atoms with Gasteiger partial charge in [0.15, 0.2) is 9.84 Å². The molecule has 19 heavy (non-hydrogen) atoms. The van der Waals surface area contributed by atoms with Gasteiger partial charge in [-0.1, -0.05) is 25.0 Å². The van der Waals surface area contributed by atoms with E-state index in [9.17, 15) is 8.42 Å². The summed E-state index contributed by atoms with van der Waals surface area (Å²) in [5.41, 5.74) is 6.42. The summed E-state index contributed by atoms with van der Waals surface area (Å²) in [5, 5.41) is 0. The van der Waals surface area contributed by atoms with E-state index in [1.807, 2.05) is 0 Å². The Hall–Kier alpha value is -0.910. The lowest BCUT2D eigenvalue weighted by atomic mass is 10.2. The van der Waals surface area contributed by atoms with E-state index in [-0.39, 0.29) is 18.5 Å². The van der Waals surface area contributed by atoms with Crippen molar-refractivity contribution in [1.82, 2.24) is 0 Å². The molecule has 0 aliphatic heterocycles. The van der Waals surface area contributed by atoms with Crippen molar-refractivity contribution in [2.24, 2.45) is 5.73 Å². The van der Waals surface area contributed by atoms with Gasteiger partial charge < -0.3 is 10.5 Å². The van der Waals surface area contributed by atoms with Gasteiger partial charge in [-0.3, -0.25) is 0 Å². The molecule has 1 aromatic carbocycles. The molecule has 1 aliphatic carbocycles. The molecule has 4 nitrogen and oxygen atoms in total. The summed E-state index contributed by atoms with van der Waals surface area (Å²) in [6, 6.07) is 6.75. The van der Waals surface area contributed by atoms with E-state index in [1.165, 1.54) is 12.8 Å². The fraction of sp³-hybridized carbons (Fsp3) is 0.571. The van der Waals surface area contributed by atoms with Gasteiger partial charge in [-0.2, -0.15) is 0 Å². The zero-order chi connectivity index (χ0) is 13.7. The van der Waals surface area contributed by atoms with Crippen LogP contribution in [0.5, 0.6) is 0 Å². The molecule has 2 rings (SSSR count). The molecule has 0 amide bonds. The van der Waals surface area contributed by atoms with Crippen molar-refractivity contribution in [1.29, 1.82) is 0 Å². The van der Waals surface area contributed by atoms with Crippen LogP contribution >= 0.6 is 0 Å². The minimum Gasteiger partial charge on any atom is -0.377 e. The first-order chi connectivity index (χ1) is 9.12. The molecule has 2 N–H and O–H groups in total. The normalized spacial score (nSPS) is 16.9. The van der Waals surface area contributed by atoms with Crippen molar-refractivity contribution in [2.75, 3.05) is 12.4 Å². The monoisotopic (exact) mass is 283 g/mol. The number of sulfone groups is 1. The Labute approximate surface area is 114 Å². The maximum absolute atomic E-state index is 12.1. The molecule has 1 aliphatic rings. The lowest BCUT2D eigenvalue weighted by Crippen LogP contribution is -2.17. The molecule has 0 heterocycles. The Morgan fingerprint density at radius 1 is 1.16 bits per heavy atom. The van der Waals surface area contributed by atoms with Crippen molar-refractivity contribution in [3.8, 4) is 0 Å². The smallest absolute Gasteiger partial charge is 0.180 e. The topological polar surface area (TPSA) is 69.4 Å². The Morgan fingerprint density at radius 3 is 2.37 bits per heavy atom. The molecule has 106 valence electrons. The largest absolute Gasteiger partial charge is 0.377 e. The first-order valence-electron chi connectivity index (χ1n) is 6.75. The van der Waals surface area contributed by atoms with Crippen LogP contribution in [-0.2, 0) is 21.1 Å². The molecule has 5 heteroatoms. The number of benzene rings is 1. The van der Waals surface area contributed by atoms with Crippen molar-refractivity contribution in [3.05, 3.63) is 29.8 Å². The molecule has 0 spiro atoms. The van der Waals surface area contributed by atoms with Gasteiger partial charge in [-0.15, -0.1) is 0 Å². The first kappa shape index (κ1) is 14.5. The molecule has 0 radical (unpaired) electrons. The second kappa shape index (κ2) is 6.50. The molecule has 0 unspecified atom stereocenters. The fourth-order valence-corrected chi connectivity index (χ4v) is 3.43. The highest BCUT2D eigenvalue weighted by molar-refractivity contribution is 7.91. The van der Waals surface area contributed by atoms with Gasteiger partial charge in [0, 0.05) is 6.54 Å². The predicted octanol–water partition coefficient (Wildman–Crippen LogP) is 1.88. The van der Waals surface area contributed by atoms with Gasteiger partial charge in [0.05, 0.1) is 23.4 Å². The van der Waals surface area contributed by atoms with Gasteiger partial charge in [-0.05, 0) is 30.5 Å². The second-order valence-electron chi connectivity index (χ2n) is 4.94. The van der Waals surface area contributed by atoms with E-state index in [0.29, 0.717) is 11.4 Å². The number of hydrogen-bond donors (Lipinski definition) is 1. The Morgan fingerprint density at radius 2 is 1.79 bits per heavy atom. The summed E-state index contributed by atoms with van der Waals surface area (Å²) < 4.78 is 29.8. The van der Waals surface area contributed by atoms with Gasteiger partial charge in [-0.25, -0.2) is 8.42 Å². The van der Waals surface area contributed by atoms with E-state index in [0.717, 1.165) is 18.4 Å². The number of ether oxygens (including phenoxy) is 1.